The highest BCUT2D eigenvalue weighted by atomic mass is 16.2. The van der Waals surface area contributed by atoms with Crippen molar-refractivity contribution >= 4 is 11.9 Å². The van der Waals surface area contributed by atoms with Crippen molar-refractivity contribution in [3.63, 3.8) is 0 Å². The summed E-state index contributed by atoms with van der Waals surface area (Å²) in [7, 11) is 3.33. The molecule has 0 spiro atoms. The Balaban J connectivity index is 2.82. The molecule has 1 aliphatic rings. The van der Waals surface area contributed by atoms with Gasteiger partial charge in [-0.05, 0) is 5.92 Å². The molecule has 1 fully saturated rings. The molecule has 3 amide bonds. The standard InChI is InChI=1S/C8H15N3O2/c1-5(2)6-7(12)11(10(3)4)8(13)9-6/h5-6H,1-4H3,(H,9,13). The Morgan fingerprint density at radius 1 is 1.38 bits per heavy atom. The Hall–Kier alpha value is -1.10. The lowest BCUT2D eigenvalue weighted by Gasteiger charge is -2.20. The highest BCUT2D eigenvalue weighted by Crippen LogP contribution is 2.13. The van der Waals surface area contributed by atoms with Crippen LogP contribution in [0.15, 0.2) is 0 Å². The van der Waals surface area contributed by atoms with Gasteiger partial charge >= 0.3 is 6.03 Å². The number of nitrogens with one attached hydrogen (secondary N) is 1. The Morgan fingerprint density at radius 3 is 2.15 bits per heavy atom. The number of amides is 3. The van der Waals surface area contributed by atoms with Crippen molar-refractivity contribution < 1.29 is 9.59 Å². The minimum Gasteiger partial charge on any atom is -0.324 e. The third-order valence-corrected chi connectivity index (χ3v) is 2.01. The smallest absolute Gasteiger partial charge is 0.324 e. The predicted octanol–water partition coefficient (Wildman–Crippen LogP) is 0.0394. The van der Waals surface area contributed by atoms with Crippen LogP contribution in [-0.4, -0.2) is 42.1 Å². The van der Waals surface area contributed by atoms with Crippen LogP contribution >= 0.6 is 0 Å². The summed E-state index contributed by atoms with van der Waals surface area (Å²) in [6.07, 6.45) is 0. The molecule has 1 unspecified atom stereocenters. The predicted molar refractivity (Wildman–Crippen MR) is 47.7 cm³/mol. The maximum atomic E-state index is 11.6. The summed E-state index contributed by atoms with van der Waals surface area (Å²) >= 11 is 0. The Kier molecular flexibility index (Phi) is 2.56. The highest BCUT2D eigenvalue weighted by molar-refractivity contribution is 6.03. The molecule has 1 heterocycles. The maximum absolute atomic E-state index is 11.6. The zero-order chi connectivity index (χ0) is 10.2. The van der Waals surface area contributed by atoms with Crippen LogP contribution in [-0.2, 0) is 4.79 Å². The van der Waals surface area contributed by atoms with E-state index in [4.69, 9.17) is 0 Å². The fourth-order valence-electron chi connectivity index (χ4n) is 1.32. The van der Waals surface area contributed by atoms with Gasteiger partial charge in [0.25, 0.3) is 5.91 Å². The monoisotopic (exact) mass is 185 g/mol. The molecule has 5 heteroatoms. The summed E-state index contributed by atoms with van der Waals surface area (Å²) in [5.74, 6) is -0.0496. The van der Waals surface area contributed by atoms with E-state index in [1.54, 1.807) is 14.1 Å². The normalized spacial score (nSPS) is 23.2. The molecule has 1 aliphatic heterocycles. The van der Waals surface area contributed by atoms with Gasteiger partial charge in [0.05, 0.1) is 0 Å². The molecule has 0 aliphatic carbocycles. The van der Waals surface area contributed by atoms with E-state index in [0.29, 0.717) is 0 Å². The quantitative estimate of drug-likeness (QED) is 0.618. The van der Waals surface area contributed by atoms with Crippen LogP contribution in [0, 0.1) is 5.92 Å². The number of imide groups is 1. The zero-order valence-electron chi connectivity index (χ0n) is 8.37. The van der Waals surface area contributed by atoms with Gasteiger partial charge in [0, 0.05) is 14.1 Å². The van der Waals surface area contributed by atoms with Crippen LogP contribution in [0.1, 0.15) is 13.8 Å². The van der Waals surface area contributed by atoms with Crippen molar-refractivity contribution in [1.29, 1.82) is 0 Å². The van der Waals surface area contributed by atoms with Crippen molar-refractivity contribution in [2.45, 2.75) is 19.9 Å². The van der Waals surface area contributed by atoms with Crippen molar-refractivity contribution in [1.82, 2.24) is 15.3 Å². The number of carbonyl (C=O) groups is 2. The second-order valence-electron chi connectivity index (χ2n) is 3.67. The molecule has 1 rings (SSSR count). The van der Waals surface area contributed by atoms with Gasteiger partial charge in [0.1, 0.15) is 6.04 Å². The summed E-state index contributed by atoms with van der Waals surface area (Å²) in [5.41, 5.74) is 0. The third kappa shape index (κ3) is 1.65. The van der Waals surface area contributed by atoms with E-state index >= 15 is 0 Å². The first-order chi connectivity index (χ1) is 5.95. The van der Waals surface area contributed by atoms with Gasteiger partial charge in [0.2, 0.25) is 0 Å². The van der Waals surface area contributed by atoms with E-state index < -0.39 is 0 Å². The van der Waals surface area contributed by atoms with E-state index in [2.05, 4.69) is 5.32 Å². The van der Waals surface area contributed by atoms with Crippen molar-refractivity contribution in [2.75, 3.05) is 14.1 Å². The molecule has 0 aromatic carbocycles. The van der Waals surface area contributed by atoms with Gasteiger partial charge in [-0.1, -0.05) is 13.8 Å². The van der Waals surface area contributed by atoms with Gasteiger partial charge in [-0.25, -0.2) is 9.80 Å². The van der Waals surface area contributed by atoms with E-state index in [0.717, 1.165) is 5.01 Å². The number of hydrogen-bond acceptors (Lipinski definition) is 3. The molecular weight excluding hydrogens is 170 g/mol. The van der Waals surface area contributed by atoms with E-state index in [1.165, 1.54) is 5.01 Å². The van der Waals surface area contributed by atoms with Crippen LogP contribution in [0.4, 0.5) is 4.79 Å². The van der Waals surface area contributed by atoms with Crippen LogP contribution in [0.2, 0.25) is 0 Å². The number of rotatable bonds is 2. The zero-order valence-corrected chi connectivity index (χ0v) is 8.37. The second-order valence-corrected chi connectivity index (χ2v) is 3.67. The third-order valence-electron chi connectivity index (χ3n) is 2.01. The van der Waals surface area contributed by atoms with Gasteiger partial charge in [0.15, 0.2) is 0 Å². The van der Waals surface area contributed by atoms with Gasteiger partial charge in [-0.3, -0.25) is 4.79 Å². The van der Waals surface area contributed by atoms with Gasteiger partial charge in [-0.2, -0.15) is 5.01 Å². The largest absolute Gasteiger partial charge is 0.339 e. The number of hydrazine groups is 1. The fraction of sp³-hybridized carbons (Fsp3) is 0.750. The average Bonchev–Trinajstić information content (AvgIpc) is 2.26. The number of urea groups is 1. The summed E-state index contributed by atoms with van der Waals surface area (Å²) in [6.45, 7) is 3.81. The summed E-state index contributed by atoms with van der Waals surface area (Å²) in [6, 6.07) is -0.719. The lowest BCUT2D eigenvalue weighted by molar-refractivity contribution is -0.137. The second kappa shape index (κ2) is 3.33. The van der Waals surface area contributed by atoms with Crippen molar-refractivity contribution in [3.05, 3.63) is 0 Å². The van der Waals surface area contributed by atoms with E-state index in [9.17, 15) is 9.59 Å². The summed E-state index contributed by atoms with van der Waals surface area (Å²) in [4.78, 5) is 22.9. The average molecular weight is 185 g/mol. The Labute approximate surface area is 77.7 Å². The molecule has 5 nitrogen and oxygen atoms in total. The molecule has 0 radical (unpaired) electrons. The number of nitrogens with zero attached hydrogens (tertiary/aromatic N) is 2. The molecule has 1 saturated heterocycles. The number of carbonyl (C=O) groups excluding carboxylic acids is 2. The molecule has 1 N–H and O–H groups in total. The van der Waals surface area contributed by atoms with Crippen molar-refractivity contribution in [2.24, 2.45) is 5.92 Å². The van der Waals surface area contributed by atoms with Crippen LogP contribution in [0.25, 0.3) is 0 Å². The first-order valence-corrected chi connectivity index (χ1v) is 4.27. The molecule has 13 heavy (non-hydrogen) atoms. The molecule has 74 valence electrons. The van der Waals surface area contributed by atoms with Gasteiger partial charge in [-0.15, -0.1) is 0 Å². The molecule has 0 aromatic rings. The van der Waals surface area contributed by atoms with Crippen LogP contribution < -0.4 is 5.32 Å². The lowest BCUT2D eigenvalue weighted by Crippen LogP contribution is -2.42. The first kappa shape index (κ1) is 9.98. The van der Waals surface area contributed by atoms with Crippen molar-refractivity contribution in [3.8, 4) is 0 Å². The first-order valence-electron chi connectivity index (χ1n) is 4.27. The van der Waals surface area contributed by atoms with E-state index in [-0.39, 0.29) is 23.9 Å². The van der Waals surface area contributed by atoms with E-state index in [1.807, 2.05) is 13.8 Å². The van der Waals surface area contributed by atoms with Crippen LogP contribution in [0.3, 0.4) is 0 Å². The summed E-state index contributed by atoms with van der Waals surface area (Å²) < 4.78 is 0. The molecule has 0 aromatic heterocycles. The lowest BCUT2D eigenvalue weighted by atomic mass is 10.1. The van der Waals surface area contributed by atoms with Crippen LogP contribution in [0.5, 0.6) is 0 Å². The Morgan fingerprint density at radius 2 is 1.92 bits per heavy atom. The summed E-state index contributed by atoms with van der Waals surface area (Å²) in [5, 5.41) is 5.23. The molecule has 1 atom stereocenters. The minimum atomic E-state index is -0.380. The Bertz CT molecular complexity index is 238. The molecule has 0 saturated carbocycles. The molecular formula is C8H15N3O2. The topological polar surface area (TPSA) is 52.7 Å². The fourth-order valence-corrected chi connectivity index (χ4v) is 1.32. The maximum Gasteiger partial charge on any atom is 0.339 e. The SMILES string of the molecule is CC(C)C1NC(=O)N(N(C)C)C1=O. The minimum absolute atomic E-state index is 0.126. The van der Waals surface area contributed by atoms with Gasteiger partial charge < -0.3 is 5.32 Å². The highest BCUT2D eigenvalue weighted by Gasteiger charge is 2.40. The molecule has 0 bridgehead atoms. The number of hydrogen-bond donors (Lipinski definition) is 1.